The number of hydrogen-bond acceptors (Lipinski definition) is 2. The van der Waals surface area contributed by atoms with Gasteiger partial charge in [-0.3, -0.25) is 9.89 Å². The van der Waals surface area contributed by atoms with Gasteiger partial charge in [0.25, 0.3) is 0 Å². The van der Waals surface area contributed by atoms with Crippen LogP contribution in [-0.4, -0.2) is 61.6 Å². The number of nitrogens with one attached hydrogen (secondary N) is 1. The van der Waals surface area contributed by atoms with Crippen LogP contribution in [0.25, 0.3) is 0 Å². The molecule has 1 atom stereocenters. The highest BCUT2D eigenvalue weighted by Gasteiger charge is 2.10. The van der Waals surface area contributed by atoms with Crippen molar-refractivity contribution in [2.24, 2.45) is 4.99 Å². The first kappa shape index (κ1) is 18.2. The number of hydrogen-bond donors (Lipinski definition) is 1. The molecular weight excluding hydrogens is 236 g/mol. The number of guanidine groups is 1. The zero-order valence-corrected chi connectivity index (χ0v) is 13.9. The summed E-state index contributed by atoms with van der Waals surface area (Å²) in [5.41, 5.74) is 0. The van der Waals surface area contributed by atoms with Gasteiger partial charge in [0.05, 0.1) is 6.54 Å². The van der Waals surface area contributed by atoms with Crippen molar-refractivity contribution in [3.8, 4) is 0 Å². The van der Waals surface area contributed by atoms with E-state index in [1.807, 2.05) is 0 Å². The van der Waals surface area contributed by atoms with Gasteiger partial charge in [-0.1, -0.05) is 27.2 Å². The molecule has 0 amide bonds. The molecule has 0 aromatic carbocycles. The first-order chi connectivity index (χ1) is 9.10. The summed E-state index contributed by atoms with van der Waals surface area (Å²) in [5.74, 6) is 1.04. The number of nitrogens with zero attached hydrogens (tertiary/aromatic N) is 3. The molecule has 0 aromatic heterocycles. The summed E-state index contributed by atoms with van der Waals surface area (Å²) in [7, 11) is 2.12. The van der Waals surface area contributed by atoms with Gasteiger partial charge in [-0.05, 0) is 33.4 Å². The fourth-order valence-corrected chi connectivity index (χ4v) is 2.15. The third kappa shape index (κ3) is 7.41. The molecule has 0 aliphatic heterocycles. The molecule has 4 heteroatoms. The van der Waals surface area contributed by atoms with E-state index in [0.29, 0.717) is 6.04 Å². The van der Waals surface area contributed by atoms with E-state index in [2.05, 4.69) is 56.8 Å². The quantitative estimate of drug-likeness (QED) is 0.515. The number of unbranched alkanes of at least 4 members (excludes halogenated alkanes) is 1. The summed E-state index contributed by atoms with van der Waals surface area (Å²) < 4.78 is 0. The molecule has 0 heterocycles. The van der Waals surface area contributed by atoms with Crippen LogP contribution in [0.15, 0.2) is 4.99 Å². The van der Waals surface area contributed by atoms with Gasteiger partial charge in [0.15, 0.2) is 5.96 Å². The number of likely N-dealkylation sites (N-methyl/N-ethyl adjacent to an activating group) is 1. The predicted octanol–water partition coefficient (Wildman–Crippen LogP) is 2.41. The van der Waals surface area contributed by atoms with Gasteiger partial charge in [-0.15, -0.1) is 0 Å². The highest BCUT2D eigenvalue weighted by molar-refractivity contribution is 5.79. The second-order valence-corrected chi connectivity index (χ2v) is 5.04. The second kappa shape index (κ2) is 11.1. The summed E-state index contributed by atoms with van der Waals surface area (Å²) in [5, 5.41) is 3.38. The van der Waals surface area contributed by atoms with E-state index in [4.69, 9.17) is 4.99 Å². The molecular formula is C15H34N4. The van der Waals surface area contributed by atoms with Crippen LogP contribution < -0.4 is 5.32 Å². The predicted molar refractivity (Wildman–Crippen MR) is 85.9 cm³/mol. The molecule has 114 valence electrons. The van der Waals surface area contributed by atoms with Gasteiger partial charge in [0.1, 0.15) is 0 Å². The zero-order valence-electron chi connectivity index (χ0n) is 13.9. The molecule has 1 N–H and O–H groups in total. The van der Waals surface area contributed by atoms with Gasteiger partial charge in [-0.2, -0.15) is 0 Å². The second-order valence-electron chi connectivity index (χ2n) is 5.04. The first-order valence-corrected chi connectivity index (χ1v) is 7.84. The molecule has 0 aliphatic carbocycles. The Morgan fingerprint density at radius 2 is 1.79 bits per heavy atom. The van der Waals surface area contributed by atoms with Crippen LogP contribution in [0.5, 0.6) is 0 Å². The standard InChI is InChI=1S/C15H34N4/c1-7-11-12-18(6)15(16-8-2)17-13-14(5)19(9-3)10-4/h14H,7-13H2,1-6H3,(H,16,17). The molecule has 0 aromatic rings. The molecule has 1 unspecified atom stereocenters. The Hall–Kier alpha value is -0.770. The smallest absolute Gasteiger partial charge is 0.193 e. The van der Waals surface area contributed by atoms with Gasteiger partial charge in [-0.25, -0.2) is 0 Å². The molecule has 0 fully saturated rings. The minimum Gasteiger partial charge on any atom is -0.357 e. The summed E-state index contributed by atoms with van der Waals surface area (Å²) >= 11 is 0. The van der Waals surface area contributed by atoms with Crippen LogP contribution in [0.1, 0.15) is 47.5 Å². The average Bonchev–Trinajstić information content (AvgIpc) is 2.42. The minimum absolute atomic E-state index is 0.503. The molecule has 0 radical (unpaired) electrons. The third-order valence-corrected chi connectivity index (χ3v) is 3.48. The molecule has 0 spiro atoms. The molecule has 0 bridgehead atoms. The molecule has 0 rings (SSSR count). The normalized spacial score (nSPS) is 13.7. The van der Waals surface area contributed by atoms with E-state index < -0.39 is 0 Å². The van der Waals surface area contributed by atoms with Crippen LogP contribution in [0, 0.1) is 0 Å². The van der Waals surface area contributed by atoms with Crippen LogP contribution >= 0.6 is 0 Å². The van der Waals surface area contributed by atoms with E-state index in [0.717, 1.165) is 38.7 Å². The molecule has 0 saturated heterocycles. The molecule has 0 aliphatic rings. The Balaban J connectivity index is 4.46. The monoisotopic (exact) mass is 270 g/mol. The summed E-state index contributed by atoms with van der Waals surface area (Å²) in [6.45, 7) is 16.1. The van der Waals surface area contributed by atoms with Crippen molar-refractivity contribution >= 4 is 5.96 Å². The molecule has 0 saturated carbocycles. The fourth-order valence-electron chi connectivity index (χ4n) is 2.15. The van der Waals surface area contributed by atoms with Gasteiger partial charge in [0.2, 0.25) is 0 Å². The third-order valence-electron chi connectivity index (χ3n) is 3.48. The van der Waals surface area contributed by atoms with Crippen molar-refractivity contribution in [1.82, 2.24) is 15.1 Å². The number of aliphatic imine (C=N–C) groups is 1. The lowest BCUT2D eigenvalue weighted by atomic mass is 10.3. The lowest BCUT2D eigenvalue weighted by Gasteiger charge is -2.26. The minimum atomic E-state index is 0.503. The van der Waals surface area contributed by atoms with Crippen molar-refractivity contribution in [3.63, 3.8) is 0 Å². The van der Waals surface area contributed by atoms with Crippen LogP contribution in [0.2, 0.25) is 0 Å². The van der Waals surface area contributed by atoms with Crippen molar-refractivity contribution in [3.05, 3.63) is 0 Å². The Morgan fingerprint density at radius 1 is 1.16 bits per heavy atom. The topological polar surface area (TPSA) is 30.9 Å². The Kier molecular flexibility index (Phi) is 10.6. The van der Waals surface area contributed by atoms with E-state index in [9.17, 15) is 0 Å². The molecule has 4 nitrogen and oxygen atoms in total. The summed E-state index contributed by atoms with van der Waals surface area (Å²) in [6.07, 6.45) is 2.44. The van der Waals surface area contributed by atoms with Crippen LogP contribution in [0.3, 0.4) is 0 Å². The first-order valence-electron chi connectivity index (χ1n) is 7.84. The highest BCUT2D eigenvalue weighted by atomic mass is 15.3. The lowest BCUT2D eigenvalue weighted by molar-refractivity contribution is 0.236. The number of rotatable bonds is 9. The molecule has 19 heavy (non-hydrogen) atoms. The Labute approximate surface area is 120 Å². The van der Waals surface area contributed by atoms with Crippen molar-refractivity contribution in [2.45, 2.75) is 53.5 Å². The Bertz CT molecular complexity index is 236. The van der Waals surface area contributed by atoms with Crippen molar-refractivity contribution in [2.75, 3.05) is 39.8 Å². The van der Waals surface area contributed by atoms with E-state index >= 15 is 0 Å². The fraction of sp³-hybridized carbons (Fsp3) is 0.933. The average molecular weight is 270 g/mol. The van der Waals surface area contributed by atoms with Crippen molar-refractivity contribution < 1.29 is 0 Å². The van der Waals surface area contributed by atoms with Crippen molar-refractivity contribution in [1.29, 1.82) is 0 Å². The highest BCUT2D eigenvalue weighted by Crippen LogP contribution is 2.00. The largest absolute Gasteiger partial charge is 0.357 e. The van der Waals surface area contributed by atoms with E-state index in [1.54, 1.807) is 0 Å². The van der Waals surface area contributed by atoms with Gasteiger partial charge in [0, 0.05) is 26.2 Å². The van der Waals surface area contributed by atoms with Gasteiger partial charge < -0.3 is 10.2 Å². The maximum atomic E-state index is 4.77. The van der Waals surface area contributed by atoms with Crippen LogP contribution in [0.4, 0.5) is 0 Å². The summed E-state index contributed by atoms with van der Waals surface area (Å²) in [6, 6.07) is 0.503. The van der Waals surface area contributed by atoms with Crippen LogP contribution in [-0.2, 0) is 0 Å². The van der Waals surface area contributed by atoms with E-state index in [-0.39, 0.29) is 0 Å². The SMILES string of the molecule is CCCCN(C)C(=NCC(C)N(CC)CC)NCC. The van der Waals surface area contributed by atoms with E-state index in [1.165, 1.54) is 12.8 Å². The maximum absolute atomic E-state index is 4.77. The lowest BCUT2D eigenvalue weighted by Crippen LogP contribution is -2.41. The Morgan fingerprint density at radius 3 is 2.26 bits per heavy atom. The zero-order chi connectivity index (χ0) is 14.7. The summed E-state index contributed by atoms with van der Waals surface area (Å²) in [4.78, 5) is 9.45. The van der Waals surface area contributed by atoms with Gasteiger partial charge >= 0.3 is 0 Å². The maximum Gasteiger partial charge on any atom is 0.193 e.